The largest absolute Gasteiger partial charge is 0.356 e. The van der Waals surface area contributed by atoms with Gasteiger partial charge in [-0.2, -0.15) is 5.26 Å². The summed E-state index contributed by atoms with van der Waals surface area (Å²) in [5, 5.41) is 15.1. The van der Waals surface area contributed by atoms with E-state index in [2.05, 4.69) is 21.7 Å². The number of amides is 3. The van der Waals surface area contributed by atoms with E-state index in [0.29, 0.717) is 19.5 Å². The number of hydrogen-bond donors (Lipinski definition) is 3. The lowest BCUT2D eigenvalue weighted by atomic mass is 9.97. The summed E-state index contributed by atoms with van der Waals surface area (Å²) in [7, 11) is 0. The van der Waals surface area contributed by atoms with Crippen molar-refractivity contribution >= 4 is 28.6 Å². The molecular formula is C24H25F2N5O3. The van der Waals surface area contributed by atoms with E-state index < -0.39 is 35.5 Å². The molecule has 0 bridgehead atoms. The van der Waals surface area contributed by atoms with Crippen molar-refractivity contribution in [3.63, 3.8) is 0 Å². The summed E-state index contributed by atoms with van der Waals surface area (Å²) in [5.74, 6) is -2.89. The van der Waals surface area contributed by atoms with Crippen LogP contribution in [0.3, 0.4) is 0 Å². The van der Waals surface area contributed by atoms with Crippen LogP contribution in [0.15, 0.2) is 18.2 Å². The molecule has 1 saturated carbocycles. The van der Waals surface area contributed by atoms with Gasteiger partial charge in [-0.1, -0.05) is 13.8 Å². The van der Waals surface area contributed by atoms with Crippen LogP contribution < -0.4 is 10.6 Å². The molecule has 1 aliphatic carbocycles. The molecule has 3 amide bonds. The van der Waals surface area contributed by atoms with Gasteiger partial charge in [-0.15, -0.1) is 0 Å². The van der Waals surface area contributed by atoms with E-state index in [0.717, 1.165) is 12.1 Å². The predicted molar refractivity (Wildman–Crippen MR) is 117 cm³/mol. The highest BCUT2D eigenvalue weighted by molar-refractivity contribution is 6.01. The number of piperidine rings is 1. The third kappa shape index (κ3) is 3.50. The smallest absolute Gasteiger partial charge is 0.271 e. The Morgan fingerprint density at radius 3 is 2.76 bits per heavy atom. The number of nitrogens with one attached hydrogen (secondary N) is 3. The second kappa shape index (κ2) is 7.79. The van der Waals surface area contributed by atoms with Crippen LogP contribution in [0.2, 0.25) is 0 Å². The van der Waals surface area contributed by atoms with Crippen molar-refractivity contribution in [2.24, 2.45) is 23.2 Å². The number of rotatable bonds is 5. The molecule has 3 heterocycles. The van der Waals surface area contributed by atoms with Gasteiger partial charge in [0.15, 0.2) is 0 Å². The van der Waals surface area contributed by atoms with Gasteiger partial charge in [0.1, 0.15) is 29.4 Å². The van der Waals surface area contributed by atoms with Gasteiger partial charge in [-0.05, 0) is 42.2 Å². The van der Waals surface area contributed by atoms with E-state index in [1.807, 2.05) is 13.8 Å². The van der Waals surface area contributed by atoms with Crippen LogP contribution in [-0.4, -0.2) is 52.8 Å². The number of likely N-dealkylation sites (tertiary alicyclic amines) is 1. The third-order valence-corrected chi connectivity index (χ3v) is 7.78. The molecule has 3 N–H and O–H groups in total. The minimum Gasteiger partial charge on any atom is -0.356 e. The fourth-order valence-corrected chi connectivity index (χ4v) is 5.78. The van der Waals surface area contributed by atoms with Crippen molar-refractivity contribution in [1.82, 2.24) is 20.5 Å². The zero-order chi connectivity index (χ0) is 24.4. The standard InChI is InChI=1S/C24H25F2N5O3/c1-24(2)15-10-31(23(34)18-8-14-16(26)6-12(25)7-17(14)30-18)20(19(15)24)22(33)29-13(9-27)5-11-3-4-28-21(11)32/h6-8,11,13,15,19-20,30H,3-5,10H2,1-2H3,(H,28,32)(H,29,33)/t11-,13-,15-,19-,20-/m0/s1. The number of benzene rings is 1. The first-order valence-electron chi connectivity index (χ1n) is 11.4. The average Bonchev–Trinajstić information content (AvgIpc) is 3.28. The minimum absolute atomic E-state index is 0.0656. The first-order valence-corrected chi connectivity index (χ1v) is 11.4. The van der Waals surface area contributed by atoms with Crippen molar-refractivity contribution < 1.29 is 23.2 Å². The van der Waals surface area contributed by atoms with Crippen LogP contribution in [-0.2, 0) is 9.59 Å². The molecule has 0 spiro atoms. The first kappa shape index (κ1) is 22.3. The molecule has 3 aliphatic rings. The summed E-state index contributed by atoms with van der Waals surface area (Å²) in [4.78, 5) is 42.8. The quantitative estimate of drug-likeness (QED) is 0.621. The molecule has 3 fully saturated rings. The highest BCUT2D eigenvalue weighted by atomic mass is 19.1. The summed E-state index contributed by atoms with van der Waals surface area (Å²) >= 11 is 0. The fraction of sp³-hybridized carbons (Fsp3) is 0.500. The van der Waals surface area contributed by atoms with Crippen molar-refractivity contribution in [3.8, 4) is 6.07 Å². The highest BCUT2D eigenvalue weighted by Crippen LogP contribution is 2.65. The van der Waals surface area contributed by atoms with E-state index in [4.69, 9.17) is 0 Å². The number of halogens is 2. The number of fused-ring (bicyclic) bond motifs is 2. The molecular weight excluding hydrogens is 444 g/mol. The summed E-state index contributed by atoms with van der Waals surface area (Å²) < 4.78 is 27.7. The van der Waals surface area contributed by atoms with Crippen molar-refractivity contribution in [3.05, 3.63) is 35.5 Å². The maximum absolute atomic E-state index is 14.1. The molecule has 10 heteroatoms. The van der Waals surface area contributed by atoms with Gasteiger partial charge in [-0.25, -0.2) is 8.78 Å². The molecule has 1 aromatic heterocycles. The number of carbonyl (C=O) groups excluding carboxylic acids is 3. The summed E-state index contributed by atoms with van der Waals surface area (Å²) in [6, 6.07) is 3.59. The lowest BCUT2D eigenvalue weighted by molar-refractivity contribution is -0.127. The number of H-pyrrole nitrogens is 1. The Morgan fingerprint density at radius 1 is 1.32 bits per heavy atom. The Kier molecular flexibility index (Phi) is 5.11. The molecule has 2 aliphatic heterocycles. The van der Waals surface area contributed by atoms with E-state index in [9.17, 15) is 28.4 Å². The number of nitrogens with zero attached hydrogens (tertiary/aromatic N) is 2. The highest BCUT2D eigenvalue weighted by Gasteiger charge is 2.69. The van der Waals surface area contributed by atoms with Crippen LogP contribution in [0, 0.1) is 46.1 Å². The topological polar surface area (TPSA) is 118 Å². The molecule has 5 rings (SSSR count). The lowest BCUT2D eigenvalue weighted by Gasteiger charge is -2.30. The van der Waals surface area contributed by atoms with Crippen LogP contribution >= 0.6 is 0 Å². The Hall–Kier alpha value is -3.48. The number of aromatic amines is 1. The Labute approximate surface area is 194 Å². The summed E-state index contributed by atoms with van der Waals surface area (Å²) in [6.45, 7) is 4.98. The Balaban J connectivity index is 1.38. The Bertz CT molecular complexity index is 1250. The fourth-order valence-electron chi connectivity index (χ4n) is 5.78. The van der Waals surface area contributed by atoms with Crippen LogP contribution in [0.4, 0.5) is 8.78 Å². The van der Waals surface area contributed by atoms with Gasteiger partial charge in [-0.3, -0.25) is 14.4 Å². The zero-order valence-corrected chi connectivity index (χ0v) is 18.8. The van der Waals surface area contributed by atoms with Gasteiger partial charge in [0.25, 0.3) is 5.91 Å². The molecule has 34 heavy (non-hydrogen) atoms. The van der Waals surface area contributed by atoms with Gasteiger partial charge in [0.05, 0.1) is 11.6 Å². The van der Waals surface area contributed by atoms with E-state index in [1.165, 1.54) is 11.0 Å². The molecule has 1 aromatic carbocycles. The van der Waals surface area contributed by atoms with E-state index in [1.54, 1.807) is 0 Å². The Morgan fingerprint density at radius 2 is 2.09 bits per heavy atom. The molecule has 178 valence electrons. The predicted octanol–water partition coefficient (Wildman–Crippen LogP) is 2.08. The second-order valence-corrected chi connectivity index (χ2v) is 10.1. The van der Waals surface area contributed by atoms with Gasteiger partial charge in [0.2, 0.25) is 11.8 Å². The molecule has 0 radical (unpaired) electrons. The minimum atomic E-state index is -0.857. The second-order valence-electron chi connectivity index (χ2n) is 10.1. The maximum Gasteiger partial charge on any atom is 0.271 e. The molecule has 5 atom stereocenters. The number of nitriles is 1. The van der Waals surface area contributed by atoms with Crippen LogP contribution in [0.5, 0.6) is 0 Å². The first-order chi connectivity index (χ1) is 16.1. The van der Waals surface area contributed by atoms with E-state index >= 15 is 0 Å². The number of carbonyl (C=O) groups is 3. The monoisotopic (exact) mass is 469 g/mol. The number of aromatic nitrogens is 1. The zero-order valence-electron chi connectivity index (χ0n) is 18.8. The molecule has 2 aromatic rings. The molecule has 2 saturated heterocycles. The van der Waals surface area contributed by atoms with Crippen LogP contribution in [0.25, 0.3) is 10.9 Å². The molecule has 8 nitrogen and oxygen atoms in total. The average molecular weight is 469 g/mol. The van der Waals surface area contributed by atoms with Gasteiger partial charge >= 0.3 is 0 Å². The van der Waals surface area contributed by atoms with Crippen molar-refractivity contribution in [1.29, 1.82) is 5.26 Å². The normalized spacial score (nSPS) is 27.7. The van der Waals surface area contributed by atoms with Gasteiger partial charge in [0, 0.05) is 30.5 Å². The lowest BCUT2D eigenvalue weighted by Crippen LogP contribution is -2.52. The van der Waals surface area contributed by atoms with Crippen molar-refractivity contribution in [2.45, 2.75) is 38.8 Å². The maximum atomic E-state index is 14.1. The number of hydrogen-bond acceptors (Lipinski definition) is 4. The van der Waals surface area contributed by atoms with Crippen LogP contribution in [0.1, 0.15) is 37.2 Å². The summed E-state index contributed by atoms with van der Waals surface area (Å²) in [5.41, 5.74) is 0.0869. The van der Waals surface area contributed by atoms with Crippen molar-refractivity contribution in [2.75, 3.05) is 13.1 Å². The SMILES string of the molecule is CC1(C)[C@@H]2[C@@H](C(=O)N[C@H](C#N)C[C@@H]3CCNC3=O)N(C(=O)c3cc4c(F)cc(F)cc4[nH]3)C[C@@H]21. The van der Waals surface area contributed by atoms with Gasteiger partial charge < -0.3 is 20.5 Å². The summed E-state index contributed by atoms with van der Waals surface area (Å²) in [6.07, 6.45) is 0.815. The van der Waals surface area contributed by atoms with E-state index in [-0.39, 0.29) is 52.1 Å². The third-order valence-electron chi connectivity index (χ3n) is 7.78. The molecule has 0 unspecified atom stereocenters.